The maximum Gasteiger partial charge on any atom is 0.326 e. The van der Waals surface area contributed by atoms with E-state index in [1.54, 1.807) is 12.1 Å². The van der Waals surface area contributed by atoms with E-state index in [-0.39, 0.29) is 50.4 Å². The van der Waals surface area contributed by atoms with E-state index >= 15 is 0 Å². The van der Waals surface area contributed by atoms with Gasteiger partial charge < -0.3 is 54.8 Å². The molecule has 0 spiro atoms. The molecule has 0 aliphatic carbocycles. The van der Waals surface area contributed by atoms with Crippen LogP contribution < -0.4 is 44.6 Å². The number of carboxylic acids is 1. The number of phenolic OH excluding ortho intramolecular Hbond substituents is 1. The van der Waals surface area contributed by atoms with E-state index in [9.17, 15) is 39.0 Å². The zero-order chi connectivity index (χ0) is 31.1. The Morgan fingerprint density at radius 2 is 1.34 bits per heavy atom. The molecular weight excluding hydrogens is 542 g/mol. The summed E-state index contributed by atoms with van der Waals surface area (Å²) < 4.78 is 0. The number of aliphatic carboxylic acids is 1. The minimum atomic E-state index is -1.55. The van der Waals surface area contributed by atoms with Crippen LogP contribution in [-0.2, 0) is 35.2 Å². The summed E-state index contributed by atoms with van der Waals surface area (Å²) >= 11 is 0. The monoisotopic (exact) mass is 579 g/mol. The van der Waals surface area contributed by atoms with Crippen LogP contribution in [0.2, 0.25) is 0 Å². The maximum atomic E-state index is 13.0. The second kappa shape index (κ2) is 16.9. The second-order valence-electron chi connectivity index (χ2n) is 9.12. The third kappa shape index (κ3) is 13.6. The van der Waals surface area contributed by atoms with Gasteiger partial charge in [-0.1, -0.05) is 12.1 Å². The van der Waals surface area contributed by atoms with Crippen molar-refractivity contribution in [3.05, 3.63) is 29.8 Å². The summed E-state index contributed by atoms with van der Waals surface area (Å²) in [5, 5.41) is 25.8. The summed E-state index contributed by atoms with van der Waals surface area (Å²) in [5.41, 5.74) is 27.4. The number of rotatable bonds is 18. The molecule has 1 rings (SSSR count). The minimum absolute atomic E-state index is 0.0144. The molecule has 0 bridgehead atoms. The zero-order valence-electron chi connectivity index (χ0n) is 22.2. The van der Waals surface area contributed by atoms with Gasteiger partial charge in [0.2, 0.25) is 29.5 Å². The normalized spacial score (nSPS) is 13.5. The van der Waals surface area contributed by atoms with Crippen molar-refractivity contribution in [2.75, 3.05) is 6.54 Å². The van der Waals surface area contributed by atoms with Crippen LogP contribution in [0.25, 0.3) is 0 Å². The van der Waals surface area contributed by atoms with Crippen LogP contribution in [0.5, 0.6) is 5.75 Å². The van der Waals surface area contributed by atoms with Crippen molar-refractivity contribution >= 4 is 41.5 Å². The van der Waals surface area contributed by atoms with E-state index in [0.29, 0.717) is 5.56 Å². The first-order valence-corrected chi connectivity index (χ1v) is 12.5. The number of guanidine groups is 1. The van der Waals surface area contributed by atoms with E-state index in [4.69, 9.17) is 28.7 Å². The first-order valence-electron chi connectivity index (χ1n) is 12.5. The minimum Gasteiger partial charge on any atom is -0.508 e. The lowest BCUT2D eigenvalue weighted by Crippen LogP contribution is -2.58. The fraction of sp³-hybridized carbons (Fsp3) is 0.458. The lowest BCUT2D eigenvalue weighted by atomic mass is 10.0. The molecule has 0 aliphatic heterocycles. The molecule has 0 radical (unpaired) electrons. The van der Waals surface area contributed by atoms with E-state index in [0.717, 1.165) is 0 Å². The summed E-state index contributed by atoms with van der Waals surface area (Å²) in [6, 6.07) is 0.332. The zero-order valence-corrected chi connectivity index (χ0v) is 22.2. The van der Waals surface area contributed by atoms with Crippen LogP contribution in [0.1, 0.15) is 37.7 Å². The Balaban J connectivity index is 2.99. The van der Waals surface area contributed by atoms with Crippen LogP contribution >= 0.6 is 0 Å². The summed E-state index contributed by atoms with van der Waals surface area (Å²) in [7, 11) is 0. The average molecular weight is 580 g/mol. The van der Waals surface area contributed by atoms with Crippen LogP contribution in [0.4, 0.5) is 0 Å². The lowest BCUT2D eigenvalue weighted by molar-refractivity contribution is -0.142. The Labute approximate surface area is 235 Å². The highest BCUT2D eigenvalue weighted by molar-refractivity contribution is 5.96. The predicted octanol–water partition coefficient (Wildman–Crippen LogP) is -4.00. The van der Waals surface area contributed by atoms with Gasteiger partial charge in [-0.2, -0.15) is 0 Å². The SMILES string of the molecule is NC(=O)CCC(NC(=O)C(CC(N)=O)NC(=O)C(N)Cc1ccc(O)cc1)C(=O)NC(CCCN=C(N)N)C(=O)O. The third-order valence-corrected chi connectivity index (χ3v) is 5.64. The number of phenols is 1. The molecule has 17 heteroatoms. The molecule has 15 N–H and O–H groups in total. The number of carboxylic acid groups (broad SMARTS) is 1. The number of nitrogens with one attached hydrogen (secondary N) is 3. The summed E-state index contributed by atoms with van der Waals surface area (Å²) in [6.45, 7) is 0.104. The molecule has 0 saturated heterocycles. The van der Waals surface area contributed by atoms with Crippen molar-refractivity contribution in [2.45, 2.75) is 62.7 Å². The van der Waals surface area contributed by atoms with Gasteiger partial charge in [0.1, 0.15) is 23.9 Å². The van der Waals surface area contributed by atoms with Gasteiger partial charge in [-0.05, 0) is 43.4 Å². The largest absolute Gasteiger partial charge is 0.508 e. The Bertz CT molecular complexity index is 1120. The Kier molecular flexibility index (Phi) is 14.1. The van der Waals surface area contributed by atoms with Gasteiger partial charge in [-0.25, -0.2) is 4.79 Å². The average Bonchev–Trinajstić information content (AvgIpc) is 2.88. The molecule has 0 saturated carbocycles. The van der Waals surface area contributed by atoms with Crippen molar-refractivity contribution in [1.82, 2.24) is 16.0 Å². The predicted molar refractivity (Wildman–Crippen MR) is 145 cm³/mol. The summed E-state index contributed by atoms with van der Waals surface area (Å²) in [6.07, 6.45) is -1.16. The highest BCUT2D eigenvalue weighted by atomic mass is 16.4. The van der Waals surface area contributed by atoms with Gasteiger partial charge >= 0.3 is 5.97 Å². The number of carbonyl (C=O) groups excluding carboxylic acids is 5. The molecule has 17 nitrogen and oxygen atoms in total. The molecule has 0 fully saturated rings. The second-order valence-corrected chi connectivity index (χ2v) is 9.12. The standard InChI is InChI=1S/C24H37N9O8/c25-14(10-12-3-5-13(34)6-4-12)20(37)33-17(11-19(27)36)22(39)31-15(7-8-18(26)35)21(38)32-16(23(40)41)2-1-9-30-24(28)29/h3-6,14-17,34H,1-2,7-11,25H2,(H2,26,35)(H2,27,36)(H,31,39)(H,32,38)(H,33,37)(H,40,41)(H4,28,29,30). The smallest absolute Gasteiger partial charge is 0.326 e. The van der Waals surface area contributed by atoms with Crippen LogP contribution in [-0.4, -0.2) is 82.4 Å². The van der Waals surface area contributed by atoms with Crippen molar-refractivity contribution in [1.29, 1.82) is 0 Å². The van der Waals surface area contributed by atoms with Gasteiger partial charge in [0, 0.05) is 13.0 Å². The molecule has 0 aromatic heterocycles. The van der Waals surface area contributed by atoms with Crippen LogP contribution in [0, 0.1) is 0 Å². The van der Waals surface area contributed by atoms with Crippen LogP contribution in [0.3, 0.4) is 0 Å². The fourth-order valence-corrected chi connectivity index (χ4v) is 3.53. The van der Waals surface area contributed by atoms with Gasteiger partial charge in [0.15, 0.2) is 5.96 Å². The molecule has 0 aliphatic rings. The van der Waals surface area contributed by atoms with E-state index in [1.807, 2.05) is 0 Å². The highest BCUT2D eigenvalue weighted by Crippen LogP contribution is 2.11. The van der Waals surface area contributed by atoms with E-state index in [1.165, 1.54) is 12.1 Å². The highest BCUT2D eigenvalue weighted by Gasteiger charge is 2.31. The van der Waals surface area contributed by atoms with Crippen molar-refractivity contribution in [2.24, 2.45) is 33.7 Å². The number of carbonyl (C=O) groups is 6. The number of nitrogens with two attached hydrogens (primary N) is 5. The van der Waals surface area contributed by atoms with Crippen molar-refractivity contribution in [3.63, 3.8) is 0 Å². The van der Waals surface area contributed by atoms with Gasteiger partial charge in [0.25, 0.3) is 0 Å². The molecule has 5 amide bonds. The molecule has 41 heavy (non-hydrogen) atoms. The number of amides is 5. The van der Waals surface area contributed by atoms with Crippen molar-refractivity contribution < 1.29 is 39.0 Å². The molecule has 4 unspecified atom stereocenters. The molecule has 226 valence electrons. The Morgan fingerprint density at radius 3 is 1.88 bits per heavy atom. The third-order valence-electron chi connectivity index (χ3n) is 5.64. The number of aromatic hydroxyl groups is 1. The topological polar surface area (TPSA) is 321 Å². The molecule has 1 aromatic rings. The lowest BCUT2D eigenvalue weighted by Gasteiger charge is -2.24. The maximum absolute atomic E-state index is 13.0. The number of benzene rings is 1. The summed E-state index contributed by atoms with van der Waals surface area (Å²) in [4.78, 5) is 77.0. The van der Waals surface area contributed by atoms with E-state index < -0.39 is 66.1 Å². The number of hydrogen-bond donors (Lipinski definition) is 10. The number of aliphatic imine (C=N–C) groups is 1. The summed E-state index contributed by atoms with van der Waals surface area (Å²) in [5.74, 6) is -6.09. The van der Waals surface area contributed by atoms with Gasteiger partial charge in [-0.15, -0.1) is 0 Å². The molecule has 4 atom stereocenters. The Morgan fingerprint density at radius 1 is 0.780 bits per heavy atom. The molecule has 1 aromatic carbocycles. The fourth-order valence-electron chi connectivity index (χ4n) is 3.53. The number of primary amides is 2. The first kappa shape index (κ1) is 34.1. The van der Waals surface area contributed by atoms with Gasteiger partial charge in [-0.3, -0.25) is 29.0 Å². The Hall–Kier alpha value is -4.93. The number of hydrogen-bond acceptors (Lipinski definition) is 9. The van der Waals surface area contributed by atoms with Gasteiger partial charge in [0.05, 0.1) is 12.5 Å². The van der Waals surface area contributed by atoms with E-state index in [2.05, 4.69) is 20.9 Å². The number of nitrogens with zero attached hydrogens (tertiary/aromatic N) is 1. The first-order chi connectivity index (χ1) is 19.2. The van der Waals surface area contributed by atoms with Crippen molar-refractivity contribution in [3.8, 4) is 5.75 Å². The molecular formula is C24H37N9O8. The van der Waals surface area contributed by atoms with Crippen LogP contribution in [0.15, 0.2) is 29.3 Å². The molecule has 0 heterocycles. The quantitative estimate of drug-likeness (QED) is 0.0453.